The molecule has 2 aromatic carbocycles. The maximum Gasteiger partial charge on any atom is 0.322 e. The molecule has 0 spiro atoms. The van der Waals surface area contributed by atoms with Crippen LogP contribution in [0.4, 0.5) is 10.6 Å². The molecule has 2 saturated heterocycles. The van der Waals surface area contributed by atoms with Gasteiger partial charge in [0.25, 0.3) is 5.91 Å². The van der Waals surface area contributed by atoms with E-state index in [1.54, 1.807) is 0 Å². The zero-order chi connectivity index (χ0) is 22.6. The second kappa shape index (κ2) is 9.15. The van der Waals surface area contributed by atoms with E-state index in [-0.39, 0.29) is 0 Å². The van der Waals surface area contributed by atoms with Gasteiger partial charge in [0.05, 0.1) is 5.69 Å². The summed E-state index contributed by atoms with van der Waals surface area (Å²) in [5, 5.41) is 8.01. The molecule has 3 N–H and O–H groups in total. The Labute approximate surface area is 192 Å². The molecule has 33 heavy (non-hydrogen) atoms. The molecule has 0 aliphatic carbocycles. The van der Waals surface area contributed by atoms with Gasteiger partial charge in [-0.3, -0.25) is 10.1 Å². The number of benzene rings is 2. The van der Waals surface area contributed by atoms with Crippen LogP contribution in [0, 0.1) is 11.8 Å². The predicted molar refractivity (Wildman–Crippen MR) is 128 cm³/mol. The highest BCUT2D eigenvalue weighted by atomic mass is 16.2. The minimum atomic E-state index is -0.802. The molecule has 7 heteroatoms. The summed E-state index contributed by atoms with van der Waals surface area (Å²) in [7, 11) is 0. The van der Waals surface area contributed by atoms with Crippen LogP contribution in [0.3, 0.4) is 0 Å². The van der Waals surface area contributed by atoms with E-state index in [1.165, 1.54) is 0 Å². The average Bonchev–Trinajstić information content (AvgIpc) is 3.20. The Morgan fingerprint density at radius 1 is 0.848 bits per heavy atom. The van der Waals surface area contributed by atoms with E-state index >= 15 is 0 Å². The number of carbonyl (C=O) groups is 2. The van der Waals surface area contributed by atoms with Crippen molar-refractivity contribution in [2.45, 2.75) is 6.04 Å². The summed E-state index contributed by atoms with van der Waals surface area (Å²) in [6, 6.07) is 21.0. The first kappa shape index (κ1) is 20.7. The van der Waals surface area contributed by atoms with E-state index in [0.29, 0.717) is 0 Å². The number of amides is 3. The van der Waals surface area contributed by atoms with Gasteiger partial charge in [-0.1, -0.05) is 54.3 Å². The Balaban J connectivity index is 1.29. The van der Waals surface area contributed by atoms with Crippen molar-refractivity contribution in [2.24, 2.45) is 0 Å². The van der Waals surface area contributed by atoms with Gasteiger partial charge in [-0.2, -0.15) is 0 Å². The number of imide groups is 1. The normalized spacial score (nSPS) is 17.7. The van der Waals surface area contributed by atoms with Gasteiger partial charge in [0.2, 0.25) is 0 Å². The molecule has 3 aromatic rings. The summed E-state index contributed by atoms with van der Waals surface area (Å²) in [6.45, 7) is 3.91. The highest BCUT2D eigenvalue weighted by Gasteiger charge is 2.27. The fourth-order valence-electron chi connectivity index (χ4n) is 3.91. The van der Waals surface area contributed by atoms with Crippen LogP contribution in [0.15, 0.2) is 66.7 Å². The quantitative estimate of drug-likeness (QED) is 0.433. The smallest absolute Gasteiger partial charge is 0.322 e. The molecule has 1 unspecified atom stereocenters. The van der Waals surface area contributed by atoms with Crippen LogP contribution in [0.25, 0.3) is 22.4 Å². The van der Waals surface area contributed by atoms with Gasteiger partial charge in [-0.05, 0) is 35.4 Å². The van der Waals surface area contributed by atoms with E-state index < -0.39 is 18.0 Å². The van der Waals surface area contributed by atoms with Gasteiger partial charge < -0.3 is 15.5 Å². The number of piperazine rings is 1. The van der Waals surface area contributed by atoms with Crippen molar-refractivity contribution in [3.63, 3.8) is 0 Å². The van der Waals surface area contributed by atoms with E-state index in [0.717, 1.165) is 59.9 Å². The second-order valence-electron chi connectivity index (χ2n) is 7.94. The molecule has 3 heterocycles. The van der Waals surface area contributed by atoms with Crippen LogP contribution in [0.1, 0.15) is 5.56 Å². The summed E-state index contributed by atoms with van der Waals surface area (Å²) in [5.74, 6) is 6.32. The van der Waals surface area contributed by atoms with Crippen LogP contribution in [0.2, 0.25) is 0 Å². The van der Waals surface area contributed by atoms with Crippen LogP contribution in [0.5, 0.6) is 0 Å². The monoisotopic (exact) mass is 437 g/mol. The van der Waals surface area contributed by atoms with Crippen LogP contribution in [-0.4, -0.2) is 49.1 Å². The van der Waals surface area contributed by atoms with Crippen LogP contribution in [-0.2, 0) is 4.79 Å². The first-order valence-electron chi connectivity index (χ1n) is 10.9. The zero-order valence-electron chi connectivity index (χ0n) is 18.0. The molecule has 1 atom stereocenters. The predicted octanol–water partition coefficient (Wildman–Crippen LogP) is 2.38. The lowest BCUT2D eigenvalue weighted by molar-refractivity contribution is -0.119. The number of pyridine rings is 1. The molecular formula is C26H23N5O2. The molecule has 5 rings (SSSR count). The first-order chi connectivity index (χ1) is 16.2. The summed E-state index contributed by atoms with van der Waals surface area (Å²) in [5.41, 5.74) is 4.99. The molecule has 164 valence electrons. The molecule has 0 radical (unpaired) electrons. The Morgan fingerprint density at radius 2 is 1.52 bits per heavy atom. The number of hydrogen-bond acceptors (Lipinski definition) is 5. The number of anilines is 1. The van der Waals surface area contributed by atoms with Gasteiger partial charge in [-0.15, -0.1) is 0 Å². The number of carbonyl (C=O) groups excluding carboxylic acids is 2. The van der Waals surface area contributed by atoms with E-state index in [2.05, 4.69) is 69.1 Å². The Bertz CT molecular complexity index is 1240. The number of hydrogen-bond donors (Lipinski definition) is 3. The number of nitrogens with one attached hydrogen (secondary N) is 3. The molecule has 3 amide bonds. The van der Waals surface area contributed by atoms with Crippen molar-refractivity contribution >= 4 is 17.8 Å². The SMILES string of the molecule is O=C1NC(=O)C(C#Cc2ccc(-c3ccc(-c4cccc(N5CCNCC5)n4)cc3)cc2)N1. The third-order valence-corrected chi connectivity index (χ3v) is 5.71. The third kappa shape index (κ3) is 4.71. The van der Waals surface area contributed by atoms with Crippen molar-refractivity contribution in [2.75, 3.05) is 31.1 Å². The molecule has 1 aromatic heterocycles. The standard InChI is InChI=1S/C26H23N5O2/c32-25-23(29-26(33)30-25)13-6-18-4-7-19(8-5-18)20-9-11-21(12-10-20)22-2-1-3-24(28-22)31-16-14-27-15-17-31/h1-5,7-12,23,27H,14-17H2,(H2,29,30,32,33). The van der Waals surface area contributed by atoms with Gasteiger partial charge >= 0.3 is 6.03 Å². The fraction of sp³-hybridized carbons (Fsp3) is 0.192. The van der Waals surface area contributed by atoms with E-state index in [1.807, 2.05) is 30.3 Å². The second-order valence-corrected chi connectivity index (χ2v) is 7.94. The molecular weight excluding hydrogens is 414 g/mol. The Kier molecular flexibility index (Phi) is 5.75. The highest BCUT2D eigenvalue weighted by Crippen LogP contribution is 2.25. The minimum absolute atomic E-state index is 0.419. The molecule has 0 bridgehead atoms. The largest absolute Gasteiger partial charge is 0.354 e. The van der Waals surface area contributed by atoms with E-state index in [9.17, 15) is 9.59 Å². The van der Waals surface area contributed by atoms with Crippen molar-refractivity contribution in [3.05, 3.63) is 72.3 Å². The Morgan fingerprint density at radius 3 is 2.18 bits per heavy atom. The van der Waals surface area contributed by atoms with Crippen molar-refractivity contribution in [3.8, 4) is 34.2 Å². The topological polar surface area (TPSA) is 86.4 Å². The van der Waals surface area contributed by atoms with Crippen molar-refractivity contribution < 1.29 is 9.59 Å². The van der Waals surface area contributed by atoms with Crippen molar-refractivity contribution in [1.29, 1.82) is 0 Å². The lowest BCUT2D eigenvalue weighted by atomic mass is 10.0. The number of aromatic nitrogens is 1. The van der Waals surface area contributed by atoms with Gasteiger partial charge in [0.1, 0.15) is 5.82 Å². The van der Waals surface area contributed by atoms with Crippen LogP contribution >= 0.6 is 0 Å². The maximum atomic E-state index is 11.6. The lowest BCUT2D eigenvalue weighted by Gasteiger charge is -2.28. The van der Waals surface area contributed by atoms with E-state index in [4.69, 9.17) is 4.98 Å². The zero-order valence-corrected chi connectivity index (χ0v) is 18.0. The van der Waals surface area contributed by atoms with Gasteiger partial charge in [0, 0.05) is 37.3 Å². The highest BCUT2D eigenvalue weighted by molar-refractivity contribution is 6.05. The third-order valence-electron chi connectivity index (χ3n) is 5.71. The lowest BCUT2D eigenvalue weighted by Crippen LogP contribution is -2.43. The Hall–Kier alpha value is -4.15. The average molecular weight is 438 g/mol. The van der Waals surface area contributed by atoms with Gasteiger partial charge in [-0.25, -0.2) is 9.78 Å². The van der Waals surface area contributed by atoms with Gasteiger partial charge in [0.15, 0.2) is 6.04 Å². The number of urea groups is 1. The number of nitrogens with zero attached hydrogens (tertiary/aromatic N) is 2. The number of rotatable bonds is 3. The maximum absolute atomic E-state index is 11.6. The minimum Gasteiger partial charge on any atom is -0.354 e. The summed E-state index contributed by atoms with van der Waals surface area (Å²) in [4.78, 5) is 29.9. The van der Waals surface area contributed by atoms with Crippen LogP contribution < -0.4 is 20.9 Å². The molecule has 0 saturated carbocycles. The molecule has 2 aliphatic rings. The first-order valence-corrected chi connectivity index (χ1v) is 10.9. The molecule has 2 aliphatic heterocycles. The summed E-state index contributed by atoms with van der Waals surface area (Å²) >= 11 is 0. The molecule has 7 nitrogen and oxygen atoms in total. The summed E-state index contributed by atoms with van der Waals surface area (Å²) < 4.78 is 0. The molecule has 2 fully saturated rings. The summed E-state index contributed by atoms with van der Waals surface area (Å²) in [6.07, 6.45) is 0. The fourth-order valence-corrected chi connectivity index (χ4v) is 3.91. The van der Waals surface area contributed by atoms with Crippen molar-refractivity contribution in [1.82, 2.24) is 20.9 Å².